The lowest BCUT2D eigenvalue weighted by atomic mass is 9.81. The van der Waals surface area contributed by atoms with E-state index in [1.165, 1.54) is 0 Å². The molecular formula is C28H34N2O5. The number of nitrogens with one attached hydrogen (secondary N) is 2. The molecular weight excluding hydrogens is 444 g/mol. The van der Waals surface area contributed by atoms with Gasteiger partial charge in [-0.3, -0.25) is 4.79 Å². The SMILES string of the molecule is CCC(CC)(CNC(=O)OCC1c2ccccc2-c2ccccc21)C(=O)NC(CC1CC1)C(=O)O. The Morgan fingerprint density at radius 1 is 1.00 bits per heavy atom. The van der Waals surface area contributed by atoms with E-state index >= 15 is 0 Å². The maximum Gasteiger partial charge on any atom is 0.407 e. The van der Waals surface area contributed by atoms with E-state index in [9.17, 15) is 19.5 Å². The first-order chi connectivity index (χ1) is 16.9. The Bertz CT molecular complexity index is 1040. The van der Waals surface area contributed by atoms with Gasteiger partial charge in [0.1, 0.15) is 12.6 Å². The van der Waals surface area contributed by atoms with E-state index in [0.29, 0.717) is 25.2 Å². The third kappa shape index (κ3) is 5.34. The lowest BCUT2D eigenvalue weighted by molar-refractivity contribution is -0.144. The Kier molecular flexibility index (Phi) is 7.43. The summed E-state index contributed by atoms with van der Waals surface area (Å²) >= 11 is 0. The van der Waals surface area contributed by atoms with Gasteiger partial charge in [-0.2, -0.15) is 0 Å². The van der Waals surface area contributed by atoms with Gasteiger partial charge in [-0.05, 0) is 47.4 Å². The molecule has 2 aromatic carbocycles. The van der Waals surface area contributed by atoms with Crippen molar-refractivity contribution in [3.05, 3.63) is 59.7 Å². The van der Waals surface area contributed by atoms with E-state index < -0.39 is 23.5 Å². The van der Waals surface area contributed by atoms with Gasteiger partial charge in [0.05, 0.1) is 5.41 Å². The Labute approximate surface area is 206 Å². The third-order valence-electron chi connectivity index (χ3n) is 7.62. The second-order valence-electron chi connectivity index (χ2n) is 9.71. The molecule has 2 amide bonds. The highest BCUT2D eigenvalue weighted by Gasteiger charge is 2.39. The van der Waals surface area contributed by atoms with Crippen molar-refractivity contribution in [3.8, 4) is 11.1 Å². The lowest BCUT2D eigenvalue weighted by Gasteiger charge is -2.31. The molecule has 0 radical (unpaired) electrons. The second-order valence-corrected chi connectivity index (χ2v) is 9.71. The molecule has 0 saturated heterocycles. The highest BCUT2D eigenvalue weighted by molar-refractivity contribution is 5.88. The van der Waals surface area contributed by atoms with E-state index in [1.807, 2.05) is 38.1 Å². The van der Waals surface area contributed by atoms with Gasteiger partial charge in [-0.25, -0.2) is 9.59 Å². The van der Waals surface area contributed by atoms with Crippen LogP contribution in [-0.2, 0) is 14.3 Å². The summed E-state index contributed by atoms with van der Waals surface area (Å²) < 4.78 is 5.61. The summed E-state index contributed by atoms with van der Waals surface area (Å²) in [7, 11) is 0. The zero-order valence-corrected chi connectivity index (χ0v) is 20.4. The molecule has 0 spiro atoms. The summed E-state index contributed by atoms with van der Waals surface area (Å²) in [6, 6.07) is 15.4. The number of benzene rings is 2. The Morgan fingerprint density at radius 3 is 2.09 bits per heavy atom. The molecule has 0 heterocycles. The molecule has 1 atom stereocenters. The molecule has 7 nitrogen and oxygen atoms in total. The molecule has 0 aliphatic heterocycles. The maximum atomic E-state index is 13.1. The van der Waals surface area contributed by atoms with Gasteiger partial charge >= 0.3 is 12.1 Å². The van der Waals surface area contributed by atoms with E-state index in [4.69, 9.17) is 4.74 Å². The van der Waals surface area contributed by atoms with Crippen molar-refractivity contribution in [2.45, 2.75) is 57.9 Å². The second kappa shape index (κ2) is 10.5. The van der Waals surface area contributed by atoms with E-state index in [0.717, 1.165) is 35.1 Å². The van der Waals surface area contributed by atoms with Crippen LogP contribution in [0, 0.1) is 11.3 Å². The topological polar surface area (TPSA) is 105 Å². The standard InChI is InChI=1S/C28H34N2O5/c1-3-28(4-2,26(33)30-24(25(31)32)15-18-13-14-18)17-29-27(34)35-16-23-21-11-7-5-9-19(21)20-10-6-8-12-22(20)23/h5-12,18,23-24H,3-4,13-17H2,1-2H3,(H,29,34)(H,30,33)(H,31,32). The number of carbonyl (C=O) groups excluding carboxylic acids is 2. The number of carboxylic acids is 1. The quantitative estimate of drug-likeness (QED) is 0.434. The monoisotopic (exact) mass is 478 g/mol. The number of fused-ring (bicyclic) bond motifs is 3. The predicted molar refractivity (Wildman–Crippen MR) is 133 cm³/mol. The van der Waals surface area contributed by atoms with Crippen molar-refractivity contribution in [2.24, 2.45) is 11.3 Å². The molecule has 3 N–H and O–H groups in total. The molecule has 2 aliphatic carbocycles. The van der Waals surface area contributed by atoms with Crippen LogP contribution in [0.5, 0.6) is 0 Å². The third-order valence-corrected chi connectivity index (χ3v) is 7.62. The summed E-state index contributed by atoms with van der Waals surface area (Å²) in [5.74, 6) is -1.03. The number of hydrogen-bond donors (Lipinski definition) is 3. The summed E-state index contributed by atoms with van der Waals surface area (Å²) in [5, 5.41) is 15.0. The number of rotatable bonds is 11. The minimum absolute atomic E-state index is 0.0442. The van der Waals surface area contributed by atoms with Crippen molar-refractivity contribution in [2.75, 3.05) is 13.2 Å². The summed E-state index contributed by atoms with van der Waals surface area (Å²) in [6.07, 6.45) is 2.82. The molecule has 2 aliphatic rings. The predicted octanol–water partition coefficient (Wildman–Crippen LogP) is 4.70. The summed E-state index contributed by atoms with van der Waals surface area (Å²) in [4.78, 5) is 37.4. The minimum Gasteiger partial charge on any atom is -0.480 e. The van der Waals surface area contributed by atoms with E-state index in [2.05, 4.69) is 34.9 Å². The van der Waals surface area contributed by atoms with Crippen LogP contribution in [0.25, 0.3) is 11.1 Å². The largest absolute Gasteiger partial charge is 0.480 e. The van der Waals surface area contributed by atoms with E-state index in [1.54, 1.807) is 0 Å². The average Bonchev–Trinajstić information content (AvgIpc) is 3.63. The molecule has 1 fully saturated rings. The number of amides is 2. The smallest absolute Gasteiger partial charge is 0.407 e. The molecule has 1 unspecified atom stereocenters. The Hall–Kier alpha value is -3.35. The maximum absolute atomic E-state index is 13.1. The highest BCUT2D eigenvalue weighted by Crippen LogP contribution is 2.44. The fraction of sp³-hybridized carbons (Fsp3) is 0.464. The van der Waals surface area contributed by atoms with Crippen LogP contribution in [-0.4, -0.2) is 42.3 Å². The molecule has 0 aromatic heterocycles. The van der Waals surface area contributed by atoms with Gasteiger partial charge in [0.2, 0.25) is 5.91 Å². The molecule has 0 bridgehead atoms. The molecule has 2 aromatic rings. The number of carboxylic acid groups (broad SMARTS) is 1. The first-order valence-electron chi connectivity index (χ1n) is 12.5. The van der Waals surface area contributed by atoms with Crippen LogP contribution in [0.3, 0.4) is 0 Å². The van der Waals surface area contributed by atoms with Gasteiger partial charge in [0.25, 0.3) is 0 Å². The molecule has 35 heavy (non-hydrogen) atoms. The fourth-order valence-corrected chi connectivity index (χ4v) is 5.01. The van der Waals surface area contributed by atoms with Gasteiger partial charge in [-0.1, -0.05) is 75.2 Å². The van der Waals surface area contributed by atoms with E-state index in [-0.39, 0.29) is 25.0 Å². The zero-order valence-electron chi connectivity index (χ0n) is 20.4. The zero-order chi connectivity index (χ0) is 25.0. The number of ether oxygens (including phenoxy) is 1. The van der Waals surface area contributed by atoms with Gasteiger partial charge in [-0.15, -0.1) is 0 Å². The van der Waals surface area contributed by atoms with Crippen molar-refractivity contribution in [1.82, 2.24) is 10.6 Å². The van der Waals surface area contributed by atoms with Crippen molar-refractivity contribution < 1.29 is 24.2 Å². The van der Waals surface area contributed by atoms with Crippen LogP contribution < -0.4 is 10.6 Å². The van der Waals surface area contributed by atoms with Gasteiger partial charge in [0.15, 0.2) is 0 Å². The number of alkyl carbamates (subject to hydrolysis) is 1. The average molecular weight is 479 g/mol. The van der Waals surface area contributed by atoms with Crippen LogP contribution in [0.15, 0.2) is 48.5 Å². The number of aliphatic carboxylic acids is 1. The van der Waals surface area contributed by atoms with Crippen molar-refractivity contribution >= 4 is 18.0 Å². The molecule has 4 rings (SSSR count). The van der Waals surface area contributed by atoms with Crippen LogP contribution in [0.2, 0.25) is 0 Å². The number of hydrogen-bond acceptors (Lipinski definition) is 4. The Morgan fingerprint density at radius 2 is 1.57 bits per heavy atom. The number of carbonyl (C=O) groups is 3. The molecule has 7 heteroatoms. The first kappa shape index (κ1) is 24.8. The van der Waals surface area contributed by atoms with Crippen molar-refractivity contribution in [3.63, 3.8) is 0 Å². The summed E-state index contributed by atoms with van der Waals surface area (Å²) in [6.45, 7) is 4.02. The molecule has 1 saturated carbocycles. The normalized spacial score (nSPS) is 15.6. The fourth-order valence-electron chi connectivity index (χ4n) is 5.01. The van der Waals surface area contributed by atoms with Crippen LogP contribution in [0.4, 0.5) is 4.79 Å². The highest BCUT2D eigenvalue weighted by atomic mass is 16.5. The minimum atomic E-state index is -1.02. The van der Waals surface area contributed by atoms with Gasteiger partial charge in [0, 0.05) is 12.5 Å². The van der Waals surface area contributed by atoms with Gasteiger partial charge < -0.3 is 20.5 Å². The lowest BCUT2D eigenvalue weighted by Crippen LogP contribution is -2.52. The first-order valence-corrected chi connectivity index (χ1v) is 12.5. The Balaban J connectivity index is 1.36. The van der Waals surface area contributed by atoms with Crippen LogP contribution >= 0.6 is 0 Å². The molecule has 186 valence electrons. The van der Waals surface area contributed by atoms with Crippen molar-refractivity contribution in [1.29, 1.82) is 0 Å². The summed E-state index contributed by atoms with van der Waals surface area (Å²) in [5.41, 5.74) is 3.68. The van der Waals surface area contributed by atoms with Crippen LogP contribution in [0.1, 0.15) is 63.0 Å².